The lowest BCUT2D eigenvalue weighted by atomic mass is 9.91. The Labute approximate surface area is 82.8 Å². The third-order valence-electron chi connectivity index (χ3n) is 2.20. The van der Waals surface area contributed by atoms with Crippen LogP contribution in [-0.4, -0.2) is 35.2 Å². The quantitative estimate of drug-likeness (QED) is 0.767. The van der Waals surface area contributed by atoms with Gasteiger partial charge in [-0.05, 0) is 12.5 Å². The van der Waals surface area contributed by atoms with Crippen molar-refractivity contribution >= 4 is 23.2 Å². The van der Waals surface area contributed by atoms with Crippen LogP contribution in [0, 0.1) is 0 Å². The average Bonchev–Trinajstić information content (AvgIpc) is 1.95. The predicted octanol–water partition coefficient (Wildman–Crippen LogP) is 1.76. The van der Waals surface area contributed by atoms with Gasteiger partial charge in [-0.3, -0.25) is 4.90 Å². The zero-order valence-corrected chi connectivity index (χ0v) is 8.57. The molecule has 1 heterocycles. The summed E-state index contributed by atoms with van der Waals surface area (Å²) in [4.78, 5) is 2.09. The molecule has 1 aliphatic heterocycles. The minimum absolute atomic E-state index is 0.293. The zero-order chi connectivity index (χ0) is 9.19. The van der Waals surface area contributed by atoms with Gasteiger partial charge in [0.05, 0.1) is 5.60 Å². The summed E-state index contributed by atoms with van der Waals surface area (Å²) in [7, 11) is 0. The van der Waals surface area contributed by atoms with E-state index < -0.39 is 5.60 Å². The van der Waals surface area contributed by atoms with Gasteiger partial charge in [0.1, 0.15) is 4.49 Å². The minimum Gasteiger partial charge on any atom is -0.387 e. The third kappa shape index (κ3) is 2.63. The molecule has 0 radical (unpaired) electrons. The van der Waals surface area contributed by atoms with Crippen LogP contribution in [0.4, 0.5) is 0 Å². The Hall–Kier alpha value is 0.240. The summed E-state index contributed by atoms with van der Waals surface area (Å²) in [6.45, 7) is 4.16. The third-order valence-corrected chi connectivity index (χ3v) is 2.51. The first-order chi connectivity index (χ1) is 5.56. The number of β-amino-alcohol motifs (C(OH)–C–C–N with tert-alkyl or cyclic N) is 1. The highest BCUT2D eigenvalue weighted by Gasteiger charge is 2.38. The van der Waals surface area contributed by atoms with Gasteiger partial charge in [-0.2, -0.15) is 0 Å². The van der Waals surface area contributed by atoms with E-state index in [1.54, 1.807) is 6.08 Å². The van der Waals surface area contributed by atoms with E-state index in [0.29, 0.717) is 4.49 Å². The van der Waals surface area contributed by atoms with Crippen molar-refractivity contribution < 1.29 is 5.11 Å². The summed E-state index contributed by atoms with van der Waals surface area (Å²) in [5.41, 5.74) is -0.466. The fraction of sp³-hybridized carbons (Fsp3) is 0.750. The fourth-order valence-electron chi connectivity index (χ4n) is 1.34. The molecule has 0 aromatic rings. The van der Waals surface area contributed by atoms with Crippen molar-refractivity contribution in [1.29, 1.82) is 0 Å². The smallest absolute Gasteiger partial charge is 0.104 e. The van der Waals surface area contributed by atoms with Gasteiger partial charge in [0, 0.05) is 19.6 Å². The Morgan fingerprint density at radius 3 is 2.58 bits per heavy atom. The lowest BCUT2D eigenvalue weighted by Gasteiger charge is -2.45. The molecule has 0 bridgehead atoms. The molecule has 2 nitrogen and oxygen atoms in total. The van der Waals surface area contributed by atoms with Gasteiger partial charge >= 0.3 is 0 Å². The van der Waals surface area contributed by atoms with Crippen LogP contribution in [0.1, 0.15) is 13.3 Å². The van der Waals surface area contributed by atoms with Crippen LogP contribution in [-0.2, 0) is 0 Å². The van der Waals surface area contributed by atoms with Crippen molar-refractivity contribution in [2.24, 2.45) is 0 Å². The molecule has 1 N–H and O–H groups in total. The van der Waals surface area contributed by atoms with Crippen LogP contribution in [0.2, 0.25) is 0 Å². The number of hydrogen-bond donors (Lipinski definition) is 1. The molecular weight excluding hydrogens is 197 g/mol. The van der Waals surface area contributed by atoms with E-state index in [9.17, 15) is 5.11 Å². The van der Waals surface area contributed by atoms with Crippen LogP contribution >= 0.6 is 23.2 Å². The highest BCUT2D eigenvalue weighted by molar-refractivity contribution is 6.55. The zero-order valence-electron chi connectivity index (χ0n) is 7.06. The maximum atomic E-state index is 9.63. The van der Waals surface area contributed by atoms with Crippen LogP contribution < -0.4 is 0 Å². The molecule has 1 saturated heterocycles. The number of nitrogens with zero attached hydrogens (tertiary/aromatic N) is 1. The highest BCUT2D eigenvalue weighted by Crippen LogP contribution is 2.23. The molecule has 12 heavy (non-hydrogen) atoms. The maximum Gasteiger partial charge on any atom is 0.104 e. The Morgan fingerprint density at radius 2 is 2.17 bits per heavy atom. The first-order valence-electron chi connectivity index (χ1n) is 4.01. The molecule has 1 fully saturated rings. The first-order valence-corrected chi connectivity index (χ1v) is 4.77. The Bertz CT molecular complexity index is 183. The normalized spacial score (nSPS) is 21.7. The number of rotatable bonds is 3. The summed E-state index contributed by atoms with van der Waals surface area (Å²) in [6, 6.07) is 0. The number of hydrogen-bond acceptors (Lipinski definition) is 2. The molecule has 0 unspecified atom stereocenters. The largest absolute Gasteiger partial charge is 0.387 e. The van der Waals surface area contributed by atoms with Crippen LogP contribution in [0.5, 0.6) is 0 Å². The monoisotopic (exact) mass is 209 g/mol. The summed E-state index contributed by atoms with van der Waals surface area (Å²) < 4.78 is 0.293. The molecule has 0 spiro atoms. The maximum absolute atomic E-state index is 9.63. The molecule has 0 atom stereocenters. The van der Waals surface area contributed by atoms with Crippen LogP contribution in [0.15, 0.2) is 10.6 Å². The average molecular weight is 210 g/mol. The summed E-state index contributed by atoms with van der Waals surface area (Å²) >= 11 is 10.9. The molecule has 1 rings (SSSR count). The molecule has 0 amide bonds. The van der Waals surface area contributed by atoms with Gasteiger partial charge < -0.3 is 5.11 Å². The fourth-order valence-corrected chi connectivity index (χ4v) is 1.47. The van der Waals surface area contributed by atoms with Crippen molar-refractivity contribution in [1.82, 2.24) is 4.90 Å². The van der Waals surface area contributed by atoms with Crippen molar-refractivity contribution in [2.45, 2.75) is 18.9 Å². The van der Waals surface area contributed by atoms with Crippen molar-refractivity contribution in [3.63, 3.8) is 0 Å². The SMILES string of the molecule is CCC1(O)CN(CC=C(Cl)Cl)C1. The van der Waals surface area contributed by atoms with Gasteiger partial charge in [-0.25, -0.2) is 0 Å². The number of aliphatic hydroxyl groups is 1. The molecule has 0 aromatic carbocycles. The molecule has 0 saturated carbocycles. The summed E-state index contributed by atoms with van der Waals surface area (Å²) in [5.74, 6) is 0. The molecule has 70 valence electrons. The van der Waals surface area contributed by atoms with Crippen molar-refractivity contribution in [3.8, 4) is 0 Å². The van der Waals surface area contributed by atoms with Crippen LogP contribution in [0.25, 0.3) is 0 Å². The van der Waals surface area contributed by atoms with Crippen molar-refractivity contribution in [2.75, 3.05) is 19.6 Å². The lowest BCUT2D eigenvalue weighted by Crippen LogP contribution is -2.61. The summed E-state index contributed by atoms with van der Waals surface area (Å²) in [5, 5.41) is 9.63. The standard InChI is InChI=1S/C8H13Cl2NO/c1-2-8(12)5-11(6-8)4-3-7(9)10/h3,12H,2,4-6H2,1H3. The van der Waals surface area contributed by atoms with Gasteiger partial charge in [-0.1, -0.05) is 30.1 Å². The molecule has 0 aromatic heterocycles. The number of halogens is 2. The molecule has 4 heteroatoms. The second-order valence-electron chi connectivity index (χ2n) is 3.24. The van der Waals surface area contributed by atoms with E-state index in [2.05, 4.69) is 4.90 Å². The highest BCUT2D eigenvalue weighted by atomic mass is 35.5. The van der Waals surface area contributed by atoms with Crippen LogP contribution in [0.3, 0.4) is 0 Å². The van der Waals surface area contributed by atoms with E-state index in [-0.39, 0.29) is 0 Å². The molecular formula is C8H13Cl2NO. The second-order valence-corrected chi connectivity index (χ2v) is 4.25. The van der Waals surface area contributed by atoms with Gasteiger partial charge in [0.2, 0.25) is 0 Å². The topological polar surface area (TPSA) is 23.5 Å². The van der Waals surface area contributed by atoms with E-state index >= 15 is 0 Å². The summed E-state index contributed by atoms with van der Waals surface area (Å²) in [6.07, 6.45) is 2.54. The Kier molecular flexibility index (Phi) is 3.41. The molecule has 1 aliphatic rings. The van der Waals surface area contributed by atoms with Gasteiger partial charge in [-0.15, -0.1) is 0 Å². The minimum atomic E-state index is -0.466. The van der Waals surface area contributed by atoms with E-state index in [1.807, 2.05) is 6.92 Å². The predicted molar refractivity (Wildman–Crippen MR) is 51.5 cm³/mol. The van der Waals surface area contributed by atoms with E-state index in [0.717, 1.165) is 26.1 Å². The van der Waals surface area contributed by atoms with E-state index in [1.165, 1.54) is 0 Å². The van der Waals surface area contributed by atoms with Crippen molar-refractivity contribution in [3.05, 3.63) is 10.6 Å². The number of likely N-dealkylation sites (tertiary alicyclic amines) is 1. The second kappa shape index (κ2) is 3.97. The van der Waals surface area contributed by atoms with Gasteiger partial charge in [0.25, 0.3) is 0 Å². The lowest BCUT2D eigenvalue weighted by molar-refractivity contribution is -0.0943. The van der Waals surface area contributed by atoms with Gasteiger partial charge in [0.15, 0.2) is 0 Å². The molecule has 0 aliphatic carbocycles. The Morgan fingerprint density at radius 1 is 1.58 bits per heavy atom. The van der Waals surface area contributed by atoms with E-state index in [4.69, 9.17) is 23.2 Å². The first kappa shape index (κ1) is 10.3. The Balaban J connectivity index is 2.22.